The van der Waals surface area contributed by atoms with Gasteiger partial charge in [-0.3, -0.25) is 0 Å². The second-order valence-corrected chi connectivity index (χ2v) is 4.27. The van der Waals surface area contributed by atoms with Crippen molar-refractivity contribution in [3.05, 3.63) is 29.3 Å². The third kappa shape index (κ3) is 3.01. The van der Waals surface area contributed by atoms with Crippen LogP contribution in [0, 0.1) is 0 Å². The van der Waals surface area contributed by atoms with Crippen LogP contribution in [-0.2, 0) is 6.42 Å². The highest BCUT2D eigenvalue weighted by Gasteiger charge is 2.03. The summed E-state index contributed by atoms with van der Waals surface area (Å²) in [5.41, 5.74) is 13.7. The fraction of sp³-hybridized carbons (Fsp3) is 0.455. The number of aryl methyl sites for hydroxylation is 1. The summed E-state index contributed by atoms with van der Waals surface area (Å²) in [4.78, 5) is 1.24. The summed E-state index contributed by atoms with van der Waals surface area (Å²) in [7, 11) is 0. The van der Waals surface area contributed by atoms with Gasteiger partial charge >= 0.3 is 0 Å². The Morgan fingerprint density at radius 1 is 1.29 bits per heavy atom. The van der Waals surface area contributed by atoms with Crippen LogP contribution in [-0.4, -0.2) is 6.26 Å². The molecule has 0 heterocycles. The lowest BCUT2D eigenvalue weighted by atomic mass is 10.1. The van der Waals surface area contributed by atoms with E-state index in [0.717, 1.165) is 18.4 Å². The van der Waals surface area contributed by atoms with E-state index in [1.807, 2.05) is 0 Å². The van der Waals surface area contributed by atoms with Crippen LogP contribution in [0.2, 0.25) is 0 Å². The molecule has 0 saturated carbocycles. The second kappa shape index (κ2) is 5.39. The van der Waals surface area contributed by atoms with Crippen LogP contribution >= 0.6 is 11.8 Å². The minimum Gasteiger partial charge on any atom is -0.312 e. The molecule has 1 aromatic carbocycles. The molecule has 0 aliphatic carbocycles. The molecule has 0 aromatic heterocycles. The maximum atomic E-state index is 5.67. The van der Waals surface area contributed by atoms with Crippen molar-refractivity contribution in [3.63, 3.8) is 0 Å². The third-order valence-corrected chi connectivity index (χ3v) is 2.86. The number of hydrogen-bond acceptors (Lipinski definition) is 3. The van der Waals surface area contributed by atoms with Crippen LogP contribution in [0.15, 0.2) is 23.1 Å². The predicted octanol–water partition coefficient (Wildman–Crippen LogP) is 2.28. The topological polar surface area (TPSA) is 52.0 Å². The zero-order valence-corrected chi connectivity index (χ0v) is 9.60. The molecule has 4 N–H and O–H groups in total. The Bertz CT molecular complexity index is 297. The van der Waals surface area contributed by atoms with E-state index in [0.29, 0.717) is 0 Å². The molecular weight excluding hydrogens is 192 g/mol. The van der Waals surface area contributed by atoms with Crippen molar-refractivity contribution in [2.24, 2.45) is 11.5 Å². The molecule has 0 amide bonds. The Labute approximate surface area is 90.1 Å². The number of hydrogen-bond donors (Lipinski definition) is 2. The Hall–Kier alpha value is -0.510. The average Bonchev–Trinajstić information content (AvgIpc) is 2.17. The van der Waals surface area contributed by atoms with E-state index in [2.05, 4.69) is 31.4 Å². The van der Waals surface area contributed by atoms with Crippen molar-refractivity contribution in [1.82, 2.24) is 0 Å². The molecule has 0 radical (unpaired) electrons. The third-order valence-electron chi connectivity index (χ3n) is 2.15. The standard InChI is InChI=1S/C11H18N2S/c1-3-4-8-5-9(11(12)13)7-10(6-8)14-2/h5-7,11H,3-4,12-13H2,1-2H3. The van der Waals surface area contributed by atoms with Gasteiger partial charge in [0.25, 0.3) is 0 Å². The summed E-state index contributed by atoms with van der Waals surface area (Å²) in [6.45, 7) is 2.17. The molecule has 78 valence electrons. The second-order valence-electron chi connectivity index (χ2n) is 3.39. The van der Waals surface area contributed by atoms with Gasteiger partial charge in [-0.1, -0.05) is 19.4 Å². The van der Waals surface area contributed by atoms with Gasteiger partial charge in [-0.2, -0.15) is 0 Å². The minimum absolute atomic E-state index is 0.363. The summed E-state index contributed by atoms with van der Waals surface area (Å²) >= 11 is 1.73. The SMILES string of the molecule is CCCc1cc(SC)cc(C(N)N)c1. The van der Waals surface area contributed by atoms with E-state index in [-0.39, 0.29) is 6.17 Å². The van der Waals surface area contributed by atoms with Gasteiger partial charge in [-0.05, 0) is 35.9 Å². The molecule has 1 aromatic rings. The van der Waals surface area contributed by atoms with Crippen molar-refractivity contribution in [2.75, 3.05) is 6.26 Å². The lowest BCUT2D eigenvalue weighted by molar-refractivity contribution is 0.766. The molecule has 0 atom stereocenters. The van der Waals surface area contributed by atoms with Crippen LogP contribution < -0.4 is 11.5 Å². The van der Waals surface area contributed by atoms with E-state index in [1.54, 1.807) is 11.8 Å². The zero-order chi connectivity index (χ0) is 10.6. The molecular formula is C11H18N2S. The van der Waals surface area contributed by atoms with Crippen LogP contribution in [0.1, 0.15) is 30.6 Å². The quantitative estimate of drug-likeness (QED) is 0.592. The van der Waals surface area contributed by atoms with Gasteiger partial charge in [-0.15, -0.1) is 11.8 Å². The number of benzene rings is 1. The summed E-state index contributed by atoms with van der Waals surface area (Å²) < 4.78 is 0. The van der Waals surface area contributed by atoms with E-state index in [1.165, 1.54) is 10.5 Å². The van der Waals surface area contributed by atoms with Crippen molar-refractivity contribution >= 4 is 11.8 Å². The van der Waals surface area contributed by atoms with Gasteiger partial charge in [0, 0.05) is 4.90 Å². The van der Waals surface area contributed by atoms with E-state index in [4.69, 9.17) is 11.5 Å². The highest BCUT2D eigenvalue weighted by Crippen LogP contribution is 2.21. The van der Waals surface area contributed by atoms with Crippen LogP contribution in [0.3, 0.4) is 0 Å². The van der Waals surface area contributed by atoms with Gasteiger partial charge in [0.15, 0.2) is 0 Å². The molecule has 3 heteroatoms. The Morgan fingerprint density at radius 3 is 2.50 bits per heavy atom. The van der Waals surface area contributed by atoms with Crippen molar-refractivity contribution in [1.29, 1.82) is 0 Å². The fourth-order valence-electron chi connectivity index (χ4n) is 1.43. The van der Waals surface area contributed by atoms with Gasteiger partial charge in [0.1, 0.15) is 0 Å². The van der Waals surface area contributed by atoms with Gasteiger partial charge in [-0.25, -0.2) is 0 Å². The van der Waals surface area contributed by atoms with E-state index >= 15 is 0 Å². The molecule has 0 aliphatic rings. The van der Waals surface area contributed by atoms with Gasteiger partial charge in [0.05, 0.1) is 6.17 Å². The van der Waals surface area contributed by atoms with Gasteiger partial charge in [0.2, 0.25) is 0 Å². The number of rotatable bonds is 4. The van der Waals surface area contributed by atoms with Crippen molar-refractivity contribution in [2.45, 2.75) is 30.8 Å². The van der Waals surface area contributed by atoms with Crippen LogP contribution in [0.25, 0.3) is 0 Å². The first-order valence-electron chi connectivity index (χ1n) is 4.86. The molecule has 0 aliphatic heterocycles. The maximum Gasteiger partial charge on any atom is 0.0785 e. The predicted molar refractivity (Wildman–Crippen MR) is 63.3 cm³/mol. The minimum atomic E-state index is -0.363. The molecule has 0 bridgehead atoms. The largest absolute Gasteiger partial charge is 0.312 e. The van der Waals surface area contributed by atoms with E-state index in [9.17, 15) is 0 Å². The number of nitrogens with two attached hydrogens (primary N) is 2. The Kier molecular flexibility index (Phi) is 4.45. The van der Waals surface area contributed by atoms with Crippen LogP contribution in [0.4, 0.5) is 0 Å². The average molecular weight is 210 g/mol. The number of thioether (sulfide) groups is 1. The Morgan fingerprint density at radius 2 is 2.00 bits per heavy atom. The van der Waals surface area contributed by atoms with E-state index < -0.39 is 0 Å². The summed E-state index contributed by atoms with van der Waals surface area (Å²) in [6, 6.07) is 6.38. The lowest BCUT2D eigenvalue weighted by Crippen LogP contribution is -2.20. The monoisotopic (exact) mass is 210 g/mol. The smallest absolute Gasteiger partial charge is 0.0785 e. The molecule has 0 unspecified atom stereocenters. The first-order chi connectivity index (χ1) is 6.67. The van der Waals surface area contributed by atoms with Crippen molar-refractivity contribution in [3.8, 4) is 0 Å². The molecule has 0 spiro atoms. The molecule has 0 saturated heterocycles. The van der Waals surface area contributed by atoms with Crippen molar-refractivity contribution < 1.29 is 0 Å². The first kappa shape index (κ1) is 11.6. The highest BCUT2D eigenvalue weighted by molar-refractivity contribution is 7.98. The van der Waals surface area contributed by atoms with Gasteiger partial charge < -0.3 is 11.5 Å². The lowest BCUT2D eigenvalue weighted by Gasteiger charge is -2.10. The normalized spacial score (nSPS) is 10.9. The molecule has 1 rings (SSSR count). The summed E-state index contributed by atoms with van der Waals surface area (Å²) in [5.74, 6) is 0. The van der Waals surface area contributed by atoms with Crippen LogP contribution in [0.5, 0.6) is 0 Å². The molecule has 2 nitrogen and oxygen atoms in total. The Balaban J connectivity index is 3.00. The summed E-state index contributed by atoms with van der Waals surface area (Å²) in [6.07, 6.45) is 3.94. The fourth-order valence-corrected chi connectivity index (χ4v) is 1.95. The highest BCUT2D eigenvalue weighted by atomic mass is 32.2. The maximum absolute atomic E-state index is 5.67. The zero-order valence-electron chi connectivity index (χ0n) is 8.79. The summed E-state index contributed by atoms with van der Waals surface area (Å²) in [5, 5.41) is 0. The first-order valence-corrected chi connectivity index (χ1v) is 6.09. The molecule has 0 fully saturated rings. The molecule has 14 heavy (non-hydrogen) atoms.